The summed E-state index contributed by atoms with van der Waals surface area (Å²) >= 11 is 0. The van der Waals surface area contributed by atoms with Crippen LogP contribution in [-0.4, -0.2) is 41.7 Å². The third kappa shape index (κ3) is 5.11. The van der Waals surface area contributed by atoms with Gasteiger partial charge in [0, 0.05) is 28.9 Å². The van der Waals surface area contributed by atoms with E-state index in [1.807, 2.05) is 0 Å². The van der Waals surface area contributed by atoms with Crippen molar-refractivity contribution in [2.45, 2.75) is 57.7 Å². The third-order valence-corrected chi connectivity index (χ3v) is 7.88. The predicted molar refractivity (Wildman–Crippen MR) is 85.9 cm³/mol. The minimum Gasteiger partial charge on any atom is -0.327 e. The molecule has 1 saturated carbocycles. The summed E-state index contributed by atoms with van der Waals surface area (Å²) in [7, 11) is -4.20. The van der Waals surface area contributed by atoms with Crippen LogP contribution >= 0.6 is 0 Å². The Kier molecular flexibility index (Phi) is 6.23. The van der Waals surface area contributed by atoms with E-state index in [-0.39, 0.29) is 28.2 Å². The van der Waals surface area contributed by atoms with Gasteiger partial charge in [-0.25, -0.2) is 8.42 Å². The number of hydrogen-bond acceptors (Lipinski definition) is 4. The van der Waals surface area contributed by atoms with E-state index < -0.39 is 20.6 Å². The van der Waals surface area contributed by atoms with Crippen LogP contribution in [0.2, 0.25) is 0 Å². The van der Waals surface area contributed by atoms with Crippen molar-refractivity contribution >= 4 is 20.6 Å². The van der Waals surface area contributed by atoms with E-state index in [2.05, 4.69) is 20.8 Å². The molecule has 0 aromatic rings. The van der Waals surface area contributed by atoms with Crippen molar-refractivity contribution in [3.63, 3.8) is 0 Å². The van der Waals surface area contributed by atoms with E-state index in [9.17, 15) is 12.6 Å². The highest BCUT2D eigenvalue weighted by atomic mass is 32.2. The monoisotopic (exact) mass is 323 g/mol. The van der Waals surface area contributed by atoms with Gasteiger partial charge < -0.3 is 5.73 Å². The lowest BCUT2D eigenvalue weighted by Crippen LogP contribution is -2.46. The van der Waals surface area contributed by atoms with Crippen molar-refractivity contribution in [1.29, 1.82) is 0 Å². The van der Waals surface area contributed by atoms with Gasteiger partial charge in [0.25, 0.3) is 0 Å². The highest BCUT2D eigenvalue weighted by molar-refractivity contribution is 7.92. The third-order valence-electron chi connectivity index (χ3n) is 4.85. The molecule has 120 valence electrons. The van der Waals surface area contributed by atoms with E-state index in [1.165, 1.54) is 6.26 Å². The van der Waals surface area contributed by atoms with Gasteiger partial charge in [0.15, 0.2) is 0 Å². The van der Waals surface area contributed by atoms with E-state index in [1.54, 1.807) is 0 Å². The SMILES string of the molecule is CCC(C)(C)C1CCC(N)C(S(=O)CCS(C)(=O)=O)C1. The first kappa shape index (κ1) is 18.1. The molecule has 1 rings (SSSR count). The molecule has 1 aliphatic rings. The van der Waals surface area contributed by atoms with Gasteiger partial charge in [-0.1, -0.05) is 27.2 Å². The van der Waals surface area contributed by atoms with Gasteiger partial charge in [-0.2, -0.15) is 0 Å². The first-order valence-corrected chi connectivity index (χ1v) is 10.8. The van der Waals surface area contributed by atoms with Gasteiger partial charge in [-0.3, -0.25) is 4.21 Å². The highest BCUT2D eigenvalue weighted by Crippen LogP contribution is 2.41. The van der Waals surface area contributed by atoms with E-state index in [0.717, 1.165) is 25.7 Å². The van der Waals surface area contributed by atoms with E-state index in [0.29, 0.717) is 5.92 Å². The van der Waals surface area contributed by atoms with Gasteiger partial charge in [0.05, 0.1) is 11.0 Å². The maximum absolute atomic E-state index is 12.4. The summed E-state index contributed by atoms with van der Waals surface area (Å²) in [6.45, 7) is 6.69. The van der Waals surface area contributed by atoms with Gasteiger partial charge in [-0.15, -0.1) is 0 Å². The Labute approximate surface area is 126 Å². The molecule has 0 heterocycles. The van der Waals surface area contributed by atoms with Gasteiger partial charge in [0.2, 0.25) is 0 Å². The fourth-order valence-electron chi connectivity index (χ4n) is 2.84. The molecule has 0 bridgehead atoms. The number of hydrogen-bond donors (Lipinski definition) is 1. The molecule has 20 heavy (non-hydrogen) atoms. The molecular formula is C14H29NO3S2. The molecule has 1 fully saturated rings. The molecule has 0 amide bonds. The summed E-state index contributed by atoms with van der Waals surface area (Å²) in [5.74, 6) is 0.737. The Morgan fingerprint density at radius 1 is 1.30 bits per heavy atom. The molecular weight excluding hydrogens is 294 g/mol. The van der Waals surface area contributed by atoms with Gasteiger partial charge in [0.1, 0.15) is 9.84 Å². The van der Waals surface area contributed by atoms with Crippen molar-refractivity contribution in [2.24, 2.45) is 17.1 Å². The predicted octanol–water partition coefficient (Wildman–Crippen LogP) is 1.71. The zero-order valence-corrected chi connectivity index (χ0v) is 14.7. The van der Waals surface area contributed by atoms with Crippen molar-refractivity contribution in [2.75, 3.05) is 17.8 Å². The molecule has 4 nitrogen and oxygen atoms in total. The fraction of sp³-hybridized carbons (Fsp3) is 1.00. The first-order chi connectivity index (χ1) is 9.07. The highest BCUT2D eigenvalue weighted by Gasteiger charge is 2.38. The number of nitrogens with two attached hydrogens (primary N) is 1. The van der Waals surface area contributed by atoms with Gasteiger partial charge in [-0.05, 0) is 30.6 Å². The van der Waals surface area contributed by atoms with Crippen LogP contribution in [0.15, 0.2) is 0 Å². The molecule has 0 radical (unpaired) electrons. The standard InChI is InChI=1S/C14H29NO3S2/c1-5-14(2,3)11-6-7-12(15)13(10-11)19(16)8-9-20(4,17)18/h11-13H,5-10,15H2,1-4H3. The van der Waals surface area contributed by atoms with E-state index >= 15 is 0 Å². The Hall–Kier alpha value is 0.0600. The van der Waals surface area contributed by atoms with Crippen molar-refractivity contribution < 1.29 is 12.6 Å². The summed E-state index contributed by atoms with van der Waals surface area (Å²) < 4.78 is 34.8. The Morgan fingerprint density at radius 2 is 1.90 bits per heavy atom. The Morgan fingerprint density at radius 3 is 2.40 bits per heavy atom. The second-order valence-corrected chi connectivity index (χ2v) is 10.8. The molecule has 4 atom stereocenters. The molecule has 0 aromatic carbocycles. The van der Waals surface area contributed by atoms with Crippen LogP contribution in [0.3, 0.4) is 0 Å². The minimum absolute atomic E-state index is 0.00926. The van der Waals surface area contributed by atoms with Crippen LogP contribution in [0.5, 0.6) is 0 Å². The molecule has 4 unspecified atom stereocenters. The van der Waals surface area contributed by atoms with Crippen LogP contribution < -0.4 is 5.73 Å². The van der Waals surface area contributed by atoms with Crippen molar-refractivity contribution in [3.05, 3.63) is 0 Å². The van der Waals surface area contributed by atoms with Crippen LogP contribution in [0, 0.1) is 11.3 Å². The van der Waals surface area contributed by atoms with Crippen LogP contribution in [0.4, 0.5) is 0 Å². The average molecular weight is 324 g/mol. The lowest BCUT2D eigenvalue weighted by molar-refractivity contribution is 0.147. The topological polar surface area (TPSA) is 77.2 Å². The van der Waals surface area contributed by atoms with Crippen LogP contribution in [-0.2, 0) is 20.6 Å². The lowest BCUT2D eigenvalue weighted by atomic mass is 9.69. The smallest absolute Gasteiger partial charge is 0.148 e. The fourth-order valence-corrected chi connectivity index (χ4v) is 5.98. The molecule has 2 N–H and O–H groups in total. The van der Waals surface area contributed by atoms with Crippen LogP contribution in [0.1, 0.15) is 46.5 Å². The summed E-state index contributed by atoms with van der Waals surface area (Å²) in [5, 5.41) is -0.0543. The number of sulfone groups is 1. The average Bonchev–Trinajstić information content (AvgIpc) is 2.35. The normalized spacial score (nSPS) is 30.1. The molecule has 0 aromatic heterocycles. The summed E-state index contributed by atoms with van der Waals surface area (Å²) in [6, 6.07) is -0.0562. The minimum atomic E-state index is -3.06. The van der Waals surface area contributed by atoms with Gasteiger partial charge >= 0.3 is 0 Å². The largest absolute Gasteiger partial charge is 0.327 e. The molecule has 0 aliphatic heterocycles. The number of rotatable bonds is 6. The molecule has 0 saturated heterocycles. The summed E-state index contributed by atoms with van der Waals surface area (Å²) in [4.78, 5) is 0. The summed E-state index contributed by atoms with van der Waals surface area (Å²) in [5.41, 5.74) is 6.36. The van der Waals surface area contributed by atoms with Crippen LogP contribution in [0.25, 0.3) is 0 Å². The maximum atomic E-state index is 12.4. The zero-order valence-electron chi connectivity index (χ0n) is 13.1. The molecule has 0 spiro atoms. The maximum Gasteiger partial charge on any atom is 0.148 e. The summed E-state index contributed by atoms with van der Waals surface area (Å²) in [6.07, 6.45) is 5.12. The van der Waals surface area contributed by atoms with Crippen molar-refractivity contribution in [3.8, 4) is 0 Å². The molecule has 6 heteroatoms. The first-order valence-electron chi connectivity index (χ1n) is 7.37. The zero-order chi connectivity index (χ0) is 15.6. The van der Waals surface area contributed by atoms with Crippen molar-refractivity contribution in [1.82, 2.24) is 0 Å². The molecule has 1 aliphatic carbocycles. The Bertz CT molecular complexity index is 445. The second-order valence-electron chi connectivity index (χ2n) is 6.77. The van der Waals surface area contributed by atoms with E-state index in [4.69, 9.17) is 5.73 Å². The lowest BCUT2D eigenvalue weighted by Gasteiger charge is -2.41. The Balaban J connectivity index is 2.70. The second kappa shape index (κ2) is 6.88. The quantitative estimate of drug-likeness (QED) is 0.807.